The Morgan fingerprint density at radius 3 is 2.48 bits per heavy atom. The number of aromatic nitrogens is 2. The van der Waals surface area contributed by atoms with Gasteiger partial charge in [0.1, 0.15) is 16.6 Å². The smallest absolute Gasteiger partial charge is 0.230 e. The summed E-state index contributed by atoms with van der Waals surface area (Å²) in [5, 5.41) is 15.0. The molecule has 1 heterocycles. The van der Waals surface area contributed by atoms with Gasteiger partial charge in [-0.05, 0) is 74.1 Å². The van der Waals surface area contributed by atoms with Crippen molar-refractivity contribution in [3.63, 3.8) is 0 Å². The van der Waals surface area contributed by atoms with Crippen molar-refractivity contribution in [2.75, 3.05) is 12.4 Å². The first-order valence-corrected chi connectivity index (χ1v) is 15.9. The maximum absolute atomic E-state index is 13.3. The van der Waals surface area contributed by atoms with Gasteiger partial charge in [0.15, 0.2) is 0 Å². The van der Waals surface area contributed by atoms with E-state index >= 15 is 0 Å². The highest BCUT2D eigenvalue weighted by molar-refractivity contribution is 8.26. The topological polar surface area (TPSA) is 79.6 Å². The van der Waals surface area contributed by atoms with Gasteiger partial charge in [0.25, 0.3) is 0 Å². The number of nitrogens with one attached hydrogen (secondary N) is 1. The molecule has 0 spiro atoms. The molecule has 1 fully saturated rings. The van der Waals surface area contributed by atoms with E-state index in [2.05, 4.69) is 29.4 Å². The number of carbonyl (C=O) groups excluding carboxylic acids is 1. The number of benzene rings is 2. The van der Waals surface area contributed by atoms with Crippen LogP contribution in [-0.4, -0.2) is 33.2 Å². The molecule has 0 radical (unpaired) electrons. The van der Waals surface area contributed by atoms with Gasteiger partial charge < -0.3 is 5.32 Å². The molecule has 222 valence electrons. The number of hydrogen-bond donors (Lipinski definition) is 1. The third kappa shape index (κ3) is 9.13. The number of amides is 1. The Labute approximate surface area is 254 Å². The zero-order chi connectivity index (χ0) is 30.1. The zero-order valence-corrected chi connectivity index (χ0v) is 26.1. The second-order valence-electron chi connectivity index (χ2n) is 10.6. The molecule has 0 bridgehead atoms. The van der Waals surface area contributed by atoms with Crippen LogP contribution in [0.5, 0.6) is 0 Å². The summed E-state index contributed by atoms with van der Waals surface area (Å²) in [5.41, 5.74) is 2.51. The number of aliphatic imine (C=N–C) groups is 2. The van der Waals surface area contributed by atoms with Crippen molar-refractivity contribution in [3.05, 3.63) is 82.0 Å². The van der Waals surface area contributed by atoms with Gasteiger partial charge in [-0.15, -0.1) is 10.2 Å². The van der Waals surface area contributed by atoms with Crippen LogP contribution in [0.3, 0.4) is 0 Å². The Balaban J connectivity index is 1.41. The summed E-state index contributed by atoms with van der Waals surface area (Å²) in [6.45, 7) is 6.31. The number of halogens is 2. The highest BCUT2D eigenvalue weighted by Gasteiger charge is 2.30. The van der Waals surface area contributed by atoms with Crippen LogP contribution < -0.4 is 5.32 Å². The maximum Gasteiger partial charge on any atom is 0.230 e. The summed E-state index contributed by atoms with van der Waals surface area (Å²) in [6, 6.07) is 12.3. The minimum atomic E-state index is -0.328. The Hall–Kier alpha value is -3.24. The van der Waals surface area contributed by atoms with Crippen molar-refractivity contribution in [1.29, 1.82) is 0 Å². The molecular formula is C32H37F2N5OS2. The highest BCUT2D eigenvalue weighted by Crippen LogP contribution is 2.41. The van der Waals surface area contributed by atoms with Crippen molar-refractivity contribution in [2.24, 2.45) is 21.8 Å². The third-order valence-electron chi connectivity index (χ3n) is 7.33. The molecule has 1 N–H and O–H groups in total. The molecule has 2 aromatic carbocycles. The van der Waals surface area contributed by atoms with Crippen molar-refractivity contribution < 1.29 is 13.6 Å². The highest BCUT2D eigenvalue weighted by atomic mass is 32.2. The fourth-order valence-electron chi connectivity index (χ4n) is 4.87. The quantitative estimate of drug-likeness (QED) is 0.195. The van der Waals surface area contributed by atoms with Crippen LogP contribution >= 0.6 is 23.1 Å². The summed E-state index contributed by atoms with van der Waals surface area (Å²) < 4.78 is 26.5. The summed E-state index contributed by atoms with van der Waals surface area (Å²) in [5.74, 6) is 0.0103. The minimum Gasteiger partial charge on any atom is -0.300 e. The molecule has 1 aliphatic carbocycles. The van der Waals surface area contributed by atoms with Gasteiger partial charge in [0, 0.05) is 30.5 Å². The molecule has 3 aromatic rings. The number of hydrogen-bond acceptors (Lipinski definition) is 7. The first kappa shape index (κ1) is 31.7. The van der Waals surface area contributed by atoms with Crippen LogP contribution in [0.4, 0.5) is 13.9 Å². The van der Waals surface area contributed by atoms with E-state index < -0.39 is 0 Å². The van der Waals surface area contributed by atoms with E-state index in [1.165, 1.54) is 35.6 Å². The largest absolute Gasteiger partial charge is 0.300 e. The fraction of sp³-hybridized carbons (Fsp3) is 0.406. The van der Waals surface area contributed by atoms with E-state index in [0.717, 1.165) is 64.0 Å². The van der Waals surface area contributed by atoms with E-state index in [1.54, 1.807) is 36.0 Å². The Kier molecular flexibility index (Phi) is 11.5. The van der Waals surface area contributed by atoms with E-state index in [-0.39, 0.29) is 41.7 Å². The number of nitrogens with zero attached hydrogens (tertiary/aromatic N) is 4. The second kappa shape index (κ2) is 15.3. The summed E-state index contributed by atoms with van der Waals surface area (Å²) in [7, 11) is 1.85. The van der Waals surface area contributed by atoms with Crippen molar-refractivity contribution in [3.8, 4) is 0 Å². The van der Waals surface area contributed by atoms with Crippen LogP contribution in [0.1, 0.15) is 74.9 Å². The molecule has 1 amide bonds. The monoisotopic (exact) mass is 609 g/mol. The SMILES string of the molecule is CCC(C)C(=N/C(C)=C/c1ccc(F)cc1)SC(=NC)C1CCCC(c2nnc(NC(=O)Cc3ccc(F)cc3)s2)C1. The van der Waals surface area contributed by atoms with Crippen LogP contribution in [0.2, 0.25) is 0 Å². The lowest BCUT2D eigenvalue weighted by atomic mass is 9.82. The number of carbonyl (C=O) groups is 1. The van der Waals surface area contributed by atoms with E-state index in [0.29, 0.717) is 5.13 Å². The lowest BCUT2D eigenvalue weighted by Gasteiger charge is -2.29. The predicted octanol–water partition coefficient (Wildman–Crippen LogP) is 8.54. The molecule has 10 heteroatoms. The van der Waals surface area contributed by atoms with Gasteiger partial charge >= 0.3 is 0 Å². The van der Waals surface area contributed by atoms with E-state index in [9.17, 15) is 13.6 Å². The van der Waals surface area contributed by atoms with Gasteiger partial charge in [-0.2, -0.15) is 0 Å². The van der Waals surface area contributed by atoms with Crippen LogP contribution in [0, 0.1) is 23.5 Å². The molecule has 0 aliphatic heterocycles. The van der Waals surface area contributed by atoms with Crippen molar-refractivity contribution in [1.82, 2.24) is 10.2 Å². The Morgan fingerprint density at radius 1 is 1.12 bits per heavy atom. The van der Waals surface area contributed by atoms with Crippen LogP contribution in [-0.2, 0) is 11.2 Å². The summed E-state index contributed by atoms with van der Waals surface area (Å²) >= 11 is 3.09. The van der Waals surface area contributed by atoms with Crippen LogP contribution in [0.15, 0.2) is 64.2 Å². The lowest BCUT2D eigenvalue weighted by molar-refractivity contribution is -0.115. The average Bonchev–Trinajstić information content (AvgIpc) is 3.45. The van der Waals surface area contributed by atoms with E-state index in [1.807, 2.05) is 20.0 Å². The molecule has 4 rings (SSSR count). The second-order valence-corrected chi connectivity index (χ2v) is 12.7. The standard InChI is InChI=1S/C32H37F2N5OS2/c1-5-20(2)29(36-21(3)17-22-9-13-26(33)14-10-22)41-30(35-4)24-7-6-8-25(19-24)31-38-39-32(42-31)37-28(40)18-23-11-15-27(34)16-12-23/h9-17,20,24-25H,5-8,18-19H2,1-4H3,(H,37,39,40)/b21-17+,35-30?,36-29?. The van der Waals surface area contributed by atoms with Gasteiger partial charge in [0.2, 0.25) is 11.0 Å². The lowest BCUT2D eigenvalue weighted by Crippen LogP contribution is -2.22. The minimum absolute atomic E-state index is 0.146. The molecule has 3 unspecified atom stereocenters. The predicted molar refractivity (Wildman–Crippen MR) is 171 cm³/mol. The molecule has 42 heavy (non-hydrogen) atoms. The third-order valence-corrected chi connectivity index (χ3v) is 9.76. The number of anilines is 1. The molecular weight excluding hydrogens is 573 g/mol. The molecule has 0 saturated heterocycles. The zero-order valence-electron chi connectivity index (χ0n) is 24.4. The summed E-state index contributed by atoms with van der Waals surface area (Å²) in [6.07, 6.45) is 7.10. The molecule has 1 aliphatic rings. The van der Waals surface area contributed by atoms with Gasteiger partial charge in [-0.3, -0.25) is 14.8 Å². The normalized spacial score (nSPS) is 19.0. The Morgan fingerprint density at radius 2 is 1.81 bits per heavy atom. The first-order valence-electron chi connectivity index (χ1n) is 14.3. The van der Waals surface area contributed by atoms with E-state index in [4.69, 9.17) is 9.98 Å². The first-order chi connectivity index (χ1) is 20.2. The van der Waals surface area contributed by atoms with Crippen molar-refractivity contribution >= 4 is 50.3 Å². The number of allylic oxidation sites excluding steroid dienone is 1. The average molecular weight is 610 g/mol. The molecule has 3 atom stereocenters. The Bertz CT molecular complexity index is 1430. The maximum atomic E-state index is 13.3. The van der Waals surface area contributed by atoms with Crippen molar-refractivity contribution in [2.45, 2.75) is 65.2 Å². The van der Waals surface area contributed by atoms with Crippen LogP contribution in [0.25, 0.3) is 6.08 Å². The molecule has 6 nitrogen and oxygen atoms in total. The van der Waals surface area contributed by atoms with Gasteiger partial charge in [0.05, 0.1) is 16.5 Å². The number of rotatable bonds is 9. The van der Waals surface area contributed by atoms with Gasteiger partial charge in [-0.1, -0.05) is 67.6 Å². The fourth-order valence-corrected chi connectivity index (χ4v) is 7.02. The molecule has 1 saturated carbocycles. The molecule has 1 aromatic heterocycles. The summed E-state index contributed by atoms with van der Waals surface area (Å²) in [4.78, 5) is 22.2. The number of thioether (sulfide) groups is 1. The van der Waals surface area contributed by atoms with Gasteiger partial charge in [-0.25, -0.2) is 8.78 Å².